The lowest BCUT2D eigenvalue weighted by molar-refractivity contribution is 0.207. The Balaban J connectivity index is 1.63. The Bertz CT molecular complexity index is 543. The van der Waals surface area contributed by atoms with Crippen molar-refractivity contribution >= 4 is 5.82 Å². The molecule has 0 saturated carbocycles. The standard InChI is InChI=1S/C17H22N4/c1-20(13-15-6-4-9-18-12-15)16-7-5-11-21(14-16)17-8-2-3-10-19-17/h2-4,6,8-10,12,16H,5,7,11,13-14H2,1H3. The molecule has 1 atom stereocenters. The van der Waals surface area contributed by atoms with Crippen LogP contribution in [0, 0.1) is 0 Å². The molecule has 2 aromatic heterocycles. The Morgan fingerprint density at radius 1 is 1.24 bits per heavy atom. The van der Waals surface area contributed by atoms with Crippen LogP contribution in [0.4, 0.5) is 5.82 Å². The minimum atomic E-state index is 0.570. The first kappa shape index (κ1) is 14.0. The number of aromatic nitrogens is 2. The van der Waals surface area contributed by atoms with Gasteiger partial charge in [0.1, 0.15) is 5.82 Å². The monoisotopic (exact) mass is 282 g/mol. The quantitative estimate of drug-likeness (QED) is 0.863. The summed E-state index contributed by atoms with van der Waals surface area (Å²) >= 11 is 0. The van der Waals surface area contributed by atoms with Crippen molar-refractivity contribution in [2.75, 3.05) is 25.0 Å². The average molecular weight is 282 g/mol. The van der Waals surface area contributed by atoms with Crippen molar-refractivity contribution in [3.8, 4) is 0 Å². The van der Waals surface area contributed by atoms with Crippen molar-refractivity contribution in [3.05, 3.63) is 54.5 Å². The van der Waals surface area contributed by atoms with Crippen LogP contribution in [0.2, 0.25) is 0 Å². The molecular formula is C17H22N4. The summed E-state index contributed by atoms with van der Waals surface area (Å²) in [4.78, 5) is 13.5. The summed E-state index contributed by atoms with van der Waals surface area (Å²) in [6, 6.07) is 10.8. The van der Waals surface area contributed by atoms with Crippen molar-refractivity contribution in [3.63, 3.8) is 0 Å². The van der Waals surface area contributed by atoms with Crippen molar-refractivity contribution in [1.29, 1.82) is 0 Å². The molecular weight excluding hydrogens is 260 g/mol. The third-order valence-electron chi connectivity index (χ3n) is 4.15. The lowest BCUT2D eigenvalue weighted by atomic mass is 10.0. The topological polar surface area (TPSA) is 32.3 Å². The Hall–Kier alpha value is -1.94. The molecule has 3 heterocycles. The van der Waals surface area contributed by atoms with Gasteiger partial charge in [-0.3, -0.25) is 9.88 Å². The summed E-state index contributed by atoms with van der Waals surface area (Å²) in [5.74, 6) is 1.09. The Morgan fingerprint density at radius 2 is 2.19 bits per heavy atom. The molecule has 0 aromatic carbocycles. The van der Waals surface area contributed by atoms with Crippen molar-refractivity contribution in [1.82, 2.24) is 14.9 Å². The molecule has 1 unspecified atom stereocenters. The molecule has 21 heavy (non-hydrogen) atoms. The molecule has 0 N–H and O–H groups in total. The van der Waals surface area contributed by atoms with E-state index in [-0.39, 0.29) is 0 Å². The van der Waals surface area contributed by atoms with Crippen LogP contribution in [0.5, 0.6) is 0 Å². The van der Waals surface area contributed by atoms with Crippen LogP contribution in [0.15, 0.2) is 48.9 Å². The lowest BCUT2D eigenvalue weighted by Crippen LogP contribution is -2.46. The van der Waals surface area contributed by atoms with E-state index >= 15 is 0 Å². The van der Waals surface area contributed by atoms with Crippen LogP contribution in [0.3, 0.4) is 0 Å². The van der Waals surface area contributed by atoms with E-state index in [1.807, 2.05) is 30.7 Å². The molecule has 1 fully saturated rings. The van der Waals surface area contributed by atoms with Gasteiger partial charge in [-0.1, -0.05) is 12.1 Å². The lowest BCUT2D eigenvalue weighted by Gasteiger charge is -2.38. The number of hydrogen-bond donors (Lipinski definition) is 0. The second-order valence-electron chi connectivity index (χ2n) is 5.71. The summed E-state index contributed by atoms with van der Waals surface area (Å²) < 4.78 is 0. The van der Waals surface area contributed by atoms with Crippen LogP contribution in [0.1, 0.15) is 18.4 Å². The Kier molecular flexibility index (Phi) is 4.46. The van der Waals surface area contributed by atoms with Gasteiger partial charge < -0.3 is 4.90 Å². The van der Waals surface area contributed by atoms with Gasteiger partial charge in [0.25, 0.3) is 0 Å². The molecule has 0 radical (unpaired) electrons. The average Bonchev–Trinajstić information content (AvgIpc) is 2.57. The maximum atomic E-state index is 4.48. The van der Waals surface area contributed by atoms with E-state index in [1.54, 1.807) is 0 Å². The van der Waals surface area contributed by atoms with E-state index in [1.165, 1.54) is 18.4 Å². The number of pyridine rings is 2. The fourth-order valence-electron chi connectivity index (χ4n) is 2.97. The maximum absolute atomic E-state index is 4.48. The molecule has 0 aliphatic carbocycles. The highest BCUT2D eigenvalue weighted by Gasteiger charge is 2.23. The highest BCUT2D eigenvalue weighted by molar-refractivity contribution is 5.38. The SMILES string of the molecule is CN(Cc1cccnc1)C1CCCN(c2ccccn2)C1. The zero-order chi connectivity index (χ0) is 14.5. The summed E-state index contributed by atoms with van der Waals surface area (Å²) in [5.41, 5.74) is 1.27. The highest BCUT2D eigenvalue weighted by atomic mass is 15.2. The molecule has 0 spiro atoms. The van der Waals surface area contributed by atoms with Gasteiger partial charge in [0, 0.05) is 44.3 Å². The van der Waals surface area contributed by atoms with Gasteiger partial charge in [-0.2, -0.15) is 0 Å². The first-order valence-corrected chi connectivity index (χ1v) is 7.58. The van der Waals surface area contributed by atoms with Gasteiger partial charge in [-0.15, -0.1) is 0 Å². The number of likely N-dealkylation sites (N-methyl/N-ethyl adjacent to an activating group) is 1. The van der Waals surface area contributed by atoms with Crippen molar-refractivity contribution in [2.45, 2.75) is 25.4 Å². The molecule has 110 valence electrons. The molecule has 1 aliphatic rings. The minimum absolute atomic E-state index is 0.570. The molecule has 3 rings (SSSR count). The fraction of sp³-hybridized carbons (Fsp3) is 0.412. The number of rotatable bonds is 4. The van der Waals surface area contributed by atoms with E-state index < -0.39 is 0 Å². The molecule has 0 amide bonds. The minimum Gasteiger partial charge on any atom is -0.355 e. The summed E-state index contributed by atoms with van der Waals surface area (Å²) in [5, 5.41) is 0. The molecule has 4 heteroatoms. The van der Waals surface area contributed by atoms with Crippen LogP contribution >= 0.6 is 0 Å². The molecule has 1 aliphatic heterocycles. The van der Waals surface area contributed by atoms with E-state index in [2.05, 4.69) is 45.0 Å². The molecule has 0 bridgehead atoms. The molecule has 2 aromatic rings. The maximum Gasteiger partial charge on any atom is 0.128 e. The number of anilines is 1. The zero-order valence-corrected chi connectivity index (χ0v) is 12.5. The van der Waals surface area contributed by atoms with E-state index in [0.29, 0.717) is 6.04 Å². The van der Waals surface area contributed by atoms with E-state index in [0.717, 1.165) is 25.5 Å². The summed E-state index contributed by atoms with van der Waals surface area (Å²) in [6.07, 6.45) is 8.12. The van der Waals surface area contributed by atoms with Crippen molar-refractivity contribution in [2.24, 2.45) is 0 Å². The van der Waals surface area contributed by atoms with Crippen LogP contribution < -0.4 is 4.90 Å². The van der Waals surface area contributed by atoms with Crippen LogP contribution in [-0.4, -0.2) is 41.0 Å². The number of hydrogen-bond acceptors (Lipinski definition) is 4. The second-order valence-corrected chi connectivity index (χ2v) is 5.71. The summed E-state index contributed by atoms with van der Waals surface area (Å²) in [6.45, 7) is 3.11. The largest absolute Gasteiger partial charge is 0.355 e. The first-order chi connectivity index (χ1) is 10.3. The van der Waals surface area contributed by atoms with Crippen LogP contribution in [-0.2, 0) is 6.54 Å². The van der Waals surface area contributed by atoms with Gasteiger partial charge >= 0.3 is 0 Å². The third kappa shape index (κ3) is 3.58. The predicted molar refractivity (Wildman–Crippen MR) is 85.2 cm³/mol. The zero-order valence-electron chi connectivity index (χ0n) is 12.5. The first-order valence-electron chi connectivity index (χ1n) is 7.58. The van der Waals surface area contributed by atoms with Crippen LogP contribution in [0.25, 0.3) is 0 Å². The van der Waals surface area contributed by atoms with Gasteiger partial charge in [0.15, 0.2) is 0 Å². The predicted octanol–water partition coefficient (Wildman–Crippen LogP) is 2.58. The number of piperidine rings is 1. The molecule has 1 saturated heterocycles. The van der Waals surface area contributed by atoms with E-state index in [4.69, 9.17) is 0 Å². The van der Waals surface area contributed by atoms with Gasteiger partial charge in [0.2, 0.25) is 0 Å². The van der Waals surface area contributed by atoms with Gasteiger partial charge in [-0.25, -0.2) is 4.98 Å². The normalized spacial score (nSPS) is 19.0. The Labute approximate surface area is 126 Å². The third-order valence-corrected chi connectivity index (χ3v) is 4.15. The smallest absolute Gasteiger partial charge is 0.128 e. The highest BCUT2D eigenvalue weighted by Crippen LogP contribution is 2.20. The molecule has 4 nitrogen and oxygen atoms in total. The number of nitrogens with zero attached hydrogens (tertiary/aromatic N) is 4. The van der Waals surface area contributed by atoms with Gasteiger partial charge in [0.05, 0.1) is 0 Å². The van der Waals surface area contributed by atoms with Gasteiger partial charge in [-0.05, 0) is 43.7 Å². The van der Waals surface area contributed by atoms with E-state index in [9.17, 15) is 0 Å². The second kappa shape index (κ2) is 6.68. The summed E-state index contributed by atoms with van der Waals surface area (Å²) in [7, 11) is 2.21. The van der Waals surface area contributed by atoms with Crippen molar-refractivity contribution < 1.29 is 0 Å². The Morgan fingerprint density at radius 3 is 2.95 bits per heavy atom. The fourth-order valence-corrected chi connectivity index (χ4v) is 2.97.